The van der Waals surface area contributed by atoms with Crippen molar-refractivity contribution in [2.45, 2.75) is 41.3 Å². The summed E-state index contributed by atoms with van der Waals surface area (Å²) in [4.78, 5) is 18.7. The number of azo groups is 2. The Morgan fingerprint density at radius 2 is 1.05 bits per heavy atom. The highest BCUT2D eigenvalue weighted by Crippen LogP contribution is 2.42. The molecule has 2 aromatic carbocycles. The minimum atomic E-state index is -4.46. The number of benzene rings is 2. The summed E-state index contributed by atoms with van der Waals surface area (Å²) in [6.45, 7) is 10.7. The average molecular weight is 1040 g/mol. The zero-order valence-corrected chi connectivity index (χ0v) is 40.9. The van der Waals surface area contributed by atoms with Crippen LogP contribution < -0.4 is 20.4 Å². The topological polar surface area (TPSA) is 308 Å². The number of fused-ring (bicyclic) bond motifs is 2. The molecule has 0 amide bonds. The number of nitrogens with zero attached hydrogens (tertiary/aromatic N) is 11. The highest BCUT2D eigenvalue weighted by atomic mass is 32.3. The van der Waals surface area contributed by atoms with Crippen molar-refractivity contribution in [3.8, 4) is 0 Å². The van der Waals surface area contributed by atoms with Crippen molar-refractivity contribution in [3.63, 3.8) is 0 Å². The van der Waals surface area contributed by atoms with E-state index >= 15 is 0 Å². The monoisotopic (exact) mass is 1040 g/mol. The fourth-order valence-electron chi connectivity index (χ4n) is 6.03. The second-order valence-corrected chi connectivity index (χ2v) is 22.8. The molecule has 5 heterocycles. The summed E-state index contributed by atoms with van der Waals surface area (Å²) in [7, 11) is -13.2. The van der Waals surface area contributed by atoms with Gasteiger partial charge >= 0.3 is 20.2 Å². The number of rotatable bonds is 20. The molecule has 5 N–H and O–H groups in total. The van der Waals surface area contributed by atoms with Gasteiger partial charge in [0.2, 0.25) is 11.9 Å². The minimum absolute atomic E-state index is 0.00281. The van der Waals surface area contributed by atoms with Crippen molar-refractivity contribution in [1.29, 1.82) is 0 Å². The number of aromatic nitrogens is 5. The van der Waals surface area contributed by atoms with Crippen molar-refractivity contribution in [2.75, 3.05) is 58.1 Å². The molecule has 0 radical (unpaired) electrons. The van der Waals surface area contributed by atoms with Crippen LogP contribution in [0.25, 0.3) is 20.4 Å². The summed E-state index contributed by atoms with van der Waals surface area (Å²) >= 11 is 4.55. The summed E-state index contributed by atoms with van der Waals surface area (Å²) in [5.74, 6) is -0.680. The lowest BCUT2D eigenvalue weighted by atomic mass is 10.2. The maximum atomic E-state index is 11.8. The second kappa shape index (κ2) is 19.9. The van der Waals surface area contributed by atoms with E-state index in [1.54, 1.807) is 12.1 Å². The Bertz CT molecular complexity index is 3080. The number of thioether (sulfide) groups is 1. The van der Waals surface area contributed by atoms with Crippen LogP contribution in [0.1, 0.15) is 27.7 Å². The predicted molar refractivity (Wildman–Crippen MR) is 257 cm³/mol. The van der Waals surface area contributed by atoms with Gasteiger partial charge in [-0.15, -0.1) is 43.1 Å². The van der Waals surface area contributed by atoms with Gasteiger partial charge in [-0.25, -0.2) is 0 Å². The molecule has 0 aliphatic carbocycles. The first kappa shape index (κ1) is 48.1. The molecule has 30 heteroatoms. The summed E-state index contributed by atoms with van der Waals surface area (Å²) in [6, 6.07) is 13.4. The van der Waals surface area contributed by atoms with E-state index in [2.05, 4.69) is 64.6 Å². The maximum Gasteiger partial charge on any atom is 0.304 e. The Morgan fingerprint density at radius 3 is 1.43 bits per heavy atom. The van der Waals surface area contributed by atoms with Gasteiger partial charge in [-0.1, -0.05) is 11.8 Å². The average Bonchev–Trinajstić information content (AvgIpc) is 4.03. The summed E-state index contributed by atoms with van der Waals surface area (Å²) < 4.78 is 107. The highest BCUT2D eigenvalue weighted by Gasteiger charge is 2.21. The van der Waals surface area contributed by atoms with Crippen molar-refractivity contribution in [3.05, 3.63) is 48.5 Å². The molecule has 0 saturated carbocycles. The van der Waals surface area contributed by atoms with Crippen molar-refractivity contribution in [1.82, 2.24) is 23.7 Å². The molecule has 7 aromatic rings. The SMILES string of the molecule is CCN(CC)c1ccc(/N=N/c2snc3sc(S(=O)(=O)O)cc23)c(Nc2nc(Nc3cc(N(CC)CC)ccc3/N=N/c3snc4sc(S(=O)(=O)O)cc34)nc(SCCS(=O)(=O)O)n2)c1. The summed E-state index contributed by atoms with van der Waals surface area (Å²) in [6.07, 6.45) is 0. The van der Waals surface area contributed by atoms with Crippen LogP contribution in [0, 0.1) is 0 Å². The number of anilines is 6. The van der Waals surface area contributed by atoms with E-state index in [-0.39, 0.29) is 31.2 Å². The third-order valence-electron chi connectivity index (χ3n) is 9.17. The lowest BCUT2D eigenvalue weighted by Crippen LogP contribution is -2.21. The van der Waals surface area contributed by atoms with Crippen LogP contribution in [-0.2, 0) is 30.4 Å². The standard InChI is InChI=1S/C35H37N13O9S8/c1-5-47(6-2)19-9-11-23(41-43-29-21-17-27(64(52,53)54)59-31(21)45-61-29)25(15-19)36-33-38-34(40-35(39-33)58-13-14-63(49,50)51)37-26-16-20(48(7-3)8-4)10-12-24(26)42-44-30-22-18-28(65(55,56)57)60-32(22)46-62-30/h9-12,15-18H,5-8,13-14H2,1-4H3,(H,49,50,51)(H,52,53,54)(H,55,56,57)(H2,36,37,38,39,40)/b43-41+,44-42+. The Kier molecular flexibility index (Phi) is 14.7. The highest BCUT2D eigenvalue weighted by molar-refractivity contribution is 8.00. The molecule has 7 rings (SSSR count). The number of thiophene rings is 2. The molecule has 0 saturated heterocycles. The molecule has 0 aliphatic rings. The third-order valence-corrected chi connectivity index (χ3v) is 17.4. The van der Waals surface area contributed by atoms with Gasteiger partial charge in [0.15, 0.2) is 15.2 Å². The van der Waals surface area contributed by atoms with Crippen LogP contribution in [0.4, 0.5) is 56.0 Å². The van der Waals surface area contributed by atoms with Crippen molar-refractivity contribution >= 4 is 164 Å². The lowest BCUT2D eigenvalue weighted by molar-refractivity contribution is 0.483. The summed E-state index contributed by atoms with van der Waals surface area (Å²) in [5, 5.41) is 25.6. The van der Waals surface area contributed by atoms with E-state index in [1.165, 1.54) is 12.1 Å². The van der Waals surface area contributed by atoms with Gasteiger partial charge in [0.25, 0.3) is 10.1 Å². The quantitative estimate of drug-likeness (QED) is 0.0269. The third kappa shape index (κ3) is 11.7. The molecule has 344 valence electrons. The predicted octanol–water partition coefficient (Wildman–Crippen LogP) is 9.70. The molecule has 0 aliphatic heterocycles. The van der Waals surface area contributed by atoms with Crippen LogP contribution in [0.3, 0.4) is 0 Å². The Morgan fingerprint density at radius 1 is 0.615 bits per heavy atom. The minimum Gasteiger partial charge on any atom is -0.372 e. The van der Waals surface area contributed by atoms with Gasteiger partial charge in [0, 0.05) is 43.3 Å². The van der Waals surface area contributed by atoms with Gasteiger partial charge in [-0.3, -0.25) is 13.7 Å². The molecule has 0 unspecified atom stereocenters. The normalized spacial score (nSPS) is 12.6. The smallest absolute Gasteiger partial charge is 0.304 e. The summed E-state index contributed by atoms with van der Waals surface area (Å²) in [5.41, 5.74) is 3.08. The fourth-order valence-corrected chi connectivity index (χ4v) is 12.7. The zero-order valence-electron chi connectivity index (χ0n) is 34.3. The van der Waals surface area contributed by atoms with E-state index in [0.717, 1.165) is 68.9 Å². The molecule has 0 atom stereocenters. The Hall–Kier alpha value is -4.89. The Balaban J connectivity index is 1.29. The van der Waals surface area contributed by atoms with E-state index in [9.17, 15) is 38.9 Å². The molecule has 5 aromatic heterocycles. The largest absolute Gasteiger partial charge is 0.372 e. The van der Waals surface area contributed by atoms with Gasteiger partial charge in [-0.2, -0.15) is 49.0 Å². The van der Waals surface area contributed by atoms with Crippen molar-refractivity contribution in [2.24, 2.45) is 20.5 Å². The van der Waals surface area contributed by atoms with Crippen LogP contribution >= 0.6 is 57.5 Å². The lowest BCUT2D eigenvalue weighted by Gasteiger charge is -2.22. The molecule has 0 fully saturated rings. The number of hydrogen-bond acceptors (Lipinski definition) is 24. The molecule has 0 spiro atoms. The molecular formula is C35H37N13O9S8. The number of nitrogens with one attached hydrogen (secondary N) is 2. The van der Waals surface area contributed by atoms with Gasteiger partial charge in [0.1, 0.15) is 29.5 Å². The van der Waals surface area contributed by atoms with Crippen LogP contribution in [0.15, 0.2) is 82.6 Å². The first-order valence-corrected chi connectivity index (χ1v) is 27.7. The van der Waals surface area contributed by atoms with Crippen LogP contribution in [0.2, 0.25) is 0 Å². The van der Waals surface area contributed by atoms with Crippen LogP contribution in [-0.4, -0.2) is 100 Å². The van der Waals surface area contributed by atoms with E-state index < -0.39 is 36.1 Å². The van der Waals surface area contributed by atoms with Crippen molar-refractivity contribution < 1.29 is 38.9 Å². The Labute approximate surface area is 392 Å². The second-order valence-electron chi connectivity index (χ2n) is 13.3. The fraction of sp³-hybridized carbons (Fsp3) is 0.286. The first-order chi connectivity index (χ1) is 30.8. The molecular weight excluding hydrogens is 1000 g/mol. The van der Waals surface area contributed by atoms with Gasteiger partial charge in [-0.05, 0) is 99.3 Å². The first-order valence-electron chi connectivity index (χ1n) is 19.1. The van der Waals surface area contributed by atoms with E-state index in [0.29, 0.717) is 79.4 Å². The van der Waals surface area contributed by atoms with E-state index in [4.69, 9.17) is 0 Å². The van der Waals surface area contributed by atoms with Crippen LogP contribution in [0.5, 0.6) is 0 Å². The zero-order chi connectivity index (χ0) is 46.7. The molecule has 0 bridgehead atoms. The number of hydrogen-bond donors (Lipinski definition) is 5. The van der Waals surface area contributed by atoms with E-state index in [1.807, 2.05) is 52.0 Å². The molecule has 22 nitrogen and oxygen atoms in total. The maximum absolute atomic E-state index is 11.8. The molecule has 65 heavy (non-hydrogen) atoms. The van der Waals surface area contributed by atoms with Gasteiger partial charge in [0.05, 0.1) is 27.9 Å². The van der Waals surface area contributed by atoms with Gasteiger partial charge < -0.3 is 20.4 Å².